The molecule has 2 fully saturated rings. The normalized spacial score (nSPS) is 22.2. The van der Waals surface area contributed by atoms with Crippen molar-refractivity contribution in [2.45, 2.75) is 64.0 Å². The van der Waals surface area contributed by atoms with Gasteiger partial charge in [-0.15, -0.1) is 0 Å². The molecule has 5 heteroatoms. The summed E-state index contributed by atoms with van der Waals surface area (Å²) in [6.07, 6.45) is 7.00. The number of nitrogens with one attached hydrogen (secondary N) is 2. The minimum absolute atomic E-state index is 0.0263. The molecule has 1 aromatic carbocycles. The van der Waals surface area contributed by atoms with E-state index in [4.69, 9.17) is 0 Å². The third kappa shape index (κ3) is 3.87. The highest BCUT2D eigenvalue weighted by Gasteiger charge is 2.47. The molecule has 1 heterocycles. The minimum atomic E-state index is -0.103. The summed E-state index contributed by atoms with van der Waals surface area (Å²) in [5.41, 5.74) is 1.46. The first kappa shape index (κ1) is 17.9. The van der Waals surface area contributed by atoms with Crippen LogP contribution >= 0.6 is 0 Å². The van der Waals surface area contributed by atoms with Crippen LogP contribution in [0.25, 0.3) is 0 Å². The van der Waals surface area contributed by atoms with E-state index in [0.29, 0.717) is 11.6 Å². The van der Waals surface area contributed by atoms with Crippen molar-refractivity contribution < 1.29 is 9.59 Å². The van der Waals surface area contributed by atoms with Crippen molar-refractivity contribution in [2.75, 3.05) is 18.4 Å². The lowest BCUT2D eigenvalue weighted by Gasteiger charge is -2.41. The van der Waals surface area contributed by atoms with Gasteiger partial charge >= 0.3 is 0 Å². The van der Waals surface area contributed by atoms with Gasteiger partial charge in [-0.3, -0.25) is 9.59 Å². The Kier molecular flexibility index (Phi) is 5.42. The lowest BCUT2D eigenvalue weighted by Crippen LogP contribution is -2.48. The van der Waals surface area contributed by atoms with E-state index in [1.165, 1.54) is 26.2 Å². The Hall–Kier alpha value is -1.88. The van der Waals surface area contributed by atoms with Gasteiger partial charge in [0.15, 0.2) is 0 Å². The van der Waals surface area contributed by atoms with E-state index < -0.39 is 0 Å². The predicted octanol–water partition coefficient (Wildman–Crippen LogP) is 3.17. The first-order chi connectivity index (χ1) is 12.0. The van der Waals surface area contributed by atoms with E-state index in [0.717, 1.165) is 38.0 Å². The molecule has 1 saturated carbocycles. The monoisotopic (exact) mass is 343 g/mol. The Morgan fingerprint density at radius 3 is 2.44 bits per heavy atom. The van der Waals surface area contributed by atoms with Crippen molar-refractivity contribution in [3.05, 3.63) is 29.8 Å². The highest BCUT2D eigenvalue weighted by Crippen LogP contribution is 2.42. The van der Waals surface area contributed by atoms with Gasteiger partial charge in [-0.2, -0.15) is 0 Å². The SMILES string of the molecule is CCNC1CN(C(=O)c2ccc(NC(C)=O)cc2)C2(CCCCC2)C1. The molecule has 3 rings (SSSR count). The number of benzene rings is 1. The van der Waals surface area contributed by atoms with Gasteiger partial charge in [0.2, 0.25) is 5.91 Å². The van der Waals surface area contributed by atoms with E-state index in [2.05, 4.69) is 22.5 Å². The Balaban J connectivity index is 1.79. The Bertz CT molecular complexity index is 620. The zero-order valence-corrected chi connectivity index (χ0v) is 15.3. The molecule has 1 spiro atoms. The van der Waals surface area contributed by atoms with Gasteiger partial charge in [0.05, 0.1) is 0 Å². The van der Waals surface area contributed by atoms with Crippen LogP contribution in [-0.4, -0.2) is 41.4 Å². The molecule has 1 unspecified atom stereocenters. The van der Waals surface area contributed by atoms with Crippen LogP contribution in [0.15, 0.2) is 24.3 Å². The average molecular weight is 343 g/mol. The smallest absolute Gasteiger partial charge is 0.254 e. The number of nitrogens with zero attached hydrogens (tertiary/aromatic N) is 1. The van der Waals surface area contributed by atoms with Crippen LogP contribution in [-0.2, 0) is 4.79 Å². The topological polar surface area (TPSA) is 61.4 Å². The van der Waals surface area contributed by atoms with Crippen LogP contribution < -0.4 is 10.6 Å². The van der Waals surface area contributed by atoms with Crippen LogP contribution in [0.3, 0.4) is 0 Å². The summed E-state index contributed by atoms with van der Waals surface area (Å²) in [5, 5.41) is 6.29. The Morgan fingerprint density at radius 1 is 1.16 bits per heavy atom. The molecule has 1 atom stereocenters. The van der Waals surface area contributed by atoms with Crippen molar-refractivity contribution >= 4 is 17.5 Å². The number of anilines is 1. The van der Waals surface area contributed by atoms with Gasteiger partial charge in [0.1, 0.15) is 0 Å². The number of hydrogen-bond donors (Lipinski definition) is 2. The maximum atomic E-state index is 13.2. The van der Waals surface area contributed by atoms with Gasteiger partial charge in [0, 0.05) is 36.3 Å². The number of carbonyl (C=O) groups is 2. The number of hydrogen-bond acceptors (Lipinski definition) is 3. The Morgan fingerprint density at radius 2 is 1.84 bits per heavy atom. The average Bonchev–Trinajstić information content (AvgIpc) is 2.93. The number of amides is 2. The molecule has 2 amide bonds. The highest BCUT2D eigenvalue weighted by atomic mass is 16.2. The second-order valence-electron chi connectivity index (χ2n) is 7.42. The predicted molar refractivity (Wildman–Crippen MR) is 99.7 cm³/mol. The van der Waals surface area contributed by atoms with Crippen molar-refractivity contribution in [1.29, 1.82) is 0 Å². The fourth-order valence-electron chi connectivity index (χ4n) is 4.51. The summed E-state index contributed by atoms with van der Waals surface area (Å²) in [6.45, 7) is 5.34. The minimum Gasteiger partial charge on any atom is -0.331 e. The van der Waals surface area contributed by atoms with Gasteiger partial charge in [-0.25, -0.2) is 0 Å². The maximum absolute atomic E-state index is 13.2. The second-order valence-corrected chi connectivity index (χ2v) is 7.42. The lowest BCUT2D eigenvalue weighted by atomic mass is 9.79. The molecular weight excluding hydrogens is 314 g/mol. The molecule has 5 nitrogen and oxygen atoms in total. The first-order valence-electron chi connectivity index (χ1n) is 9.47. The molecule has 0 radical (unpaired) electrons. The number of carbonyl (C=O) groups excluding carboxylic acids is 2. The maximum Gasteiger partial charge on any atom is 0.254 e. The molecule has 2 aliphatic rings. The Labute approximate surface area is 150 Å². The zero-order chi connectivity index (χ0) is 17.9. The molecule has 1 aromatic rings. The lowest BCUT2D eigenvalue weighted by molar-refractivity contribution is -0.114. The molecular formula is C20H29N3O2. The molecule has 0 bridgehead atoms. The third-order valence-electron chi connectivity index (χ3n) is 5.58. The second kappa shape index (κ2) is 7.56. The van der Waals surface area contributed by atoms with Crippen LogP contribution in [0.5, 0.6) is 0 Å². The molecule has 1 aliphatic heterocycles. The van der Waals surface area contributed by atoms with E-state index in [-0.39, 0.29) is 17.4 Å². The molecule has 136 valence electrons. The van der Waals surface area contributed by atoms with E-state index >= 15 is 0 Å². The summed E-state index contributed by atoms with van der Waals surface area (Å²) in [6, 6.07) is 7.65. The first-order valence-corrected chi connectivity index (χ1v) is 9.47. The van der Waals surface area contributed by atoms with Crippen LogP contribution in [0.4, 0.5) is 5.69 Å². The van der Waals surface area contributed by atoms with Gasteiger partial charge in [0.25, 0.3) is 5.91 Å². The number of likely N-dealkylation sites (tertiary alicyclic amines) is 1. The molecule has 1 saturated heterocycles. The standard InChI is InChI=1S/C20H29N3O2/c1-3-21-18-13-20(11-5-4-6-12-20)23(14-18)19(25)16-7-9-17(10-8-16)22-15(2)24/h7-10,18,21H,3-6,11-14H2,1-2H3,(H,22,24). The van der Waals surface area contributed by atoms with Crippen LogP contribution in [0.2, 0.25) is 0 Å². The van der Waals surface area contributed by atoms with Crippen molar-refractivity contribution in [3.63, 3.8) is 0 Å². The van der Waals surface area contributed by atoms with Gasteiger partial charge < -0.3 is 15.5 Å². The molecule has 1 aliphatic carbocycles. The fourth-order valence-corrected chi connectivity index (χ4v) is 4.51. The summed E-state index contributed by atoms with van der Waals surface area (Å²) in [7, 11) is 0. The van der Waals surface area contributed by atoms with E-state index in [1.807, 2.05) is 12.1 Å². The van der Waals surface area contributed by atoms with Crippen molar-refractivity contribution in [3.8, 4) is 0 Å². The number of rotatable bonds is 4. The van der Waals surface area contributed by atoms with Crippen LogP contribution in [0, 0.1) is 0 Å². The molecule has 25 heavy (non-hydrogen) atoms. The van der Waals surface area contributed by atoms with Gasteiger partial charge in [-0.05, 0) is 50.1 Å². The highest BCUT2D eigenvalue weighted by molar-refractivity contribution is 5.96. The molecule has 2 N–H and O–H groups in total. The number of likely N-dealkylation sites (N-methyl/N-ethyl adjacent to an activating group) is 1. The van der Waals surface area contributed by atoms with Crippen molar-refractivity contribution in [1.82, 2.24) is 10.2 Å². The third-order valence-corrected chi connectivity index (χ3v) is 5.58. The van der Waals surface area contributed by atoms with Gasteiger partial charge in [-0.1, -0.05) is 26.2 Å². The van der Waals surface area contributed by atoms with Crippen molar-refractivity contribution in [2.24, 2.45) is 0 Å². The molecule has 0 aromatic heterocycles. The largest absolute Gasteiger partial charge is 0.331 e. The van der Waals surface area contributed by atoms with E-state index in [1.54, 1.807) is 12.1 Å². The quantitative estimate of drug-likeness (QED) is 0.883. The summed E-state index contributed by atoms with van der Waals surface area (Å²) >= 11 is 0. The summed E-state index contributed by atoms with van der Waals surface area (Å²) < 4.78 is 0. The van der Waals surface area contributed by atoms with E-state index in [9.17, 15) is 9.59 Å². The fraction of sp³-hybridized carbons (Fsp3) is 0.600. The van der Waals surface area contributed by atoms with Crippen LogP contribution in [0.1, 0.15) is 62.7 Å². The summed E-state index contributed by atoms with van der Waals surface area (Å²) in [4.78, 5) is 26.5. The zero-order valence-electron chi connectivity index (χ0n) is 15.3. The summed E-state index contributed by atoms with van der Waals surface area (Å²) in [5.74, 6) is 0.0185.